The molecule has 1 saturated heterocycles. The van der Waals surface area contributed by atoms with E-state index in [0.717, 1.165) is 30.6 Å². The zero-order valence-corrected chi connectivity index (χ0v) is 17.0. The number of anilines is 2. The third-order valence-electron chi connectivity index (χ3n) is 6.41. The number of halogens is 3. The van der Waals surface area contributed by atoms with E-state index in [2.05, 4.69) is 4.98 Å². The summed E-state index contributed by atoms with van der Waals surface area (Å²) in [6, 6.07) is -0.507. The number of carbonyl (C=O) groups excluding carboxylic acids is 1. The lowest BCUT2D eigenvalue weighted by molar-refractivity contribution is -0.153. The molecule has 1 aromatic rings. The van der Waals surface area contributed by atoms with Crippen LogP contribution in [0.5, 0.6) is 0 Å². The highest BCUT2D eigenvalue weighted by Gasteiger charge is 2.48. The zero-order chi connectivity index (χ0) is 21.5. The molecule has 4 rings (SSSR count). The molecular formula is C20H27F3N4O3. The molecule has 2 fully saturated rings. The van der Waals surface area contributed by atoms with Crippen LogP contribution in [-0.4, -0.2) is 59.9 Å². The SMILES string of the molecule is CC1COCCN1c1cc(=O)n2c(n1)N(CC(=O)C1CCCC1)C(C(F)(F)F)CC2. The monoisotopic (exact) mass is 428 g/mol. The van der Waals surface area contributed by atoms with Gasteiger partial charge in [-0.3, -0.25) is 14.2 Å². The van der Waals surface area contributed by atoms with Crippen LogP contribution in [0, 0.1) is 5.92 Å². The molecule has 1 saturated carbocycles. The van der Waals surface area contributed by atoms with Gasteiger partial charge in [0, 0.05) is 25.1 Å². The number of carbonyl (C=O) groups is 1. The Morgan fingerprint density at radius 1 is 1.23 bits per heavy atom. The molecule has 0 amide bonds. The summed E-state index contributed by atoms with van der Waals surface area (Å²) in [6.45, 7) is 2.88. The van der Waals surface area contributed by atoms with Crippen molar-refractivity contribution in [1.29, 1.82) is 0 Å². The van der Waals surface area contributed by atoms with E-state index in [-0.39, 0.29) is 43.2 Å². The molecular weight excluding hydrogens is 401 g/mol. The molecule has 0 bridgehead atoms. The fourth-order valence-electron chi connectivity index (χ4n) is 4.74. The van der Waals surface area contributed by atoms with Crippen LogP contribution in [-0.2, 0) is 16.1 Å². The quantitative estimate of drug-likeness (QED) is 0.734. The smallest absolute Gasteiger partial charge is 0.377 e. The number of nitrogens with zero attached hydrogens (tertiary/aromatic N) is 4. The first-order chi connectivity index (χ1) is 14.3. The van der Waals surface area contributed by atoms with Crippen LogP contribution in [0.25, 0.3) is 0 Å². The van der Waals surface area contributed by atoms with Crippen LogP contribution in [0.2, 0.25) is 0 Å². The number of Topliss-reactive ketones (excluding diaryl/α,β-unsaturated/α-hetero) is 1. The maximum Gasteiger partial charge on any atom is 0.408 e. The molecule has 166 valence electrons. The van der Waals surface area contributed by atoms with E-state index in [1.165, 1.54) is 10.6 Å². The number of ether oxygens (including phenoxy) is 1. The summed E-state index contributed by atoms with van der Waals surface area (Å²) in [5.41, 5.74) is -0.396. The minimum absolute atomic E-state index is 0.0516. The molecule has 0 aromatic carbocycles. The highest BCUT2D eigenvalue weighted by atomic mass is 19.4. The standard InChI is InChI=1S/C20H27F3N4O3/c1-13-12-30-9-8-25(13)17-10-18(29)26-7-6-16(20(21,22)23)27(19(26)24-17)11-15(28)14-4-2-3-5-14/h10,13-14,16H,2-9,11-12H2,1H3. The minimum atomic E-state index is -4.51. The number of rotatable bonds is 4. The average molecular weight is 428 g/mol. The van der Waals surface area contributed by atoms with E-state index in [1.54, 1.807) is 0 Å². The van der Waals surface area contributed by atoms with Crippen LogP contribution in [0.15, 0.2) is 10.9 Å². The molecule has 10 heteroatoms. The number of aromatic nitrogens is 2. The Hall–Kier alpha value is -2.10. The van der Waals surface area contributed by atoms with Gasteiger partial charge in [-0.15, -0.1) is 0 Å². The van der Waals surface area contributed by atoms with E-state index < -0.39 is 17.8 Å². The van der Waals surface area contributed by atoms with Crippen molar-refractivity contribution in [3.05, 3.63) is 16.4 Å². The summed E-state index contributed by atoms with van der Waals surface area (Å²) in [7, 11) is 0. The summed E-state index contributed by atoms with van der Waals surface area (Å²) in [5.74, 6) is -0.127. The molecule has 3 heterocycles. The van der Waals surface area contributed by atoms with E-state index in [4.69, 9.17) is 4.74 Å². The summed E-state index contributed by atoms with van der Waals surface area (Å²) < 4.78 is 48.2. The van der Waals surface area contributed by atoms with Gasteiger partial charge in [0.2, 0.25) is 5.95 Å². The molecule has 3 aliphatic rings. The molecule has 0 spiro atoms. The summed E-state index contributed by atoms with van der Waals surface area (Å²) in [6.07, 6.45) is -1.51. The maximum atomic E-state index is 13.8. The van der Waals surface area contributed by atoms with Gasteiger partial charge in [-0.25, -0.2) is 0 Å². The van der Waals surface area contributed by atoms with Crippen molar-refractivity contribution in [2.45, 2.75) is 63.8 Å². The number of fused-ring (bicyclic) bond motifs is 1. The highest BCUT2D eigenvalue weighted by Crippen LogP contribution is 2.35. The van der Waals surface area contributed by atoms with Gasteiger partial charge in [0.15, 0.2) is 5.78 Å². The third-order valence-corrected chi connectivity index (χ3v) is 6.41. The van der Waals surface area contributed by atoms with Crippen molar-refractivity contribution in [2.75, 3.05) is 36.1 Å². The van der Waals surface area contributed by atoms with E-state index in [9.17, 15) is 22.8 Å². The lowest BCUT2D eigenvalue weighted by Gasteiger charge is -2.40. The molecule has 2 unspecified atom stereocenters. The predicted octanol–water partition coefficient (Wildman–Crippen LogP) is 2.37. The van der Waals surface area contributed by atoms with Crippen molar-refractivity contribution >= 4 is 17.5 Å². The van der Waals surface area contributed by atoms with Crippen molar-refractivity contribution < 1.29 is 22.7 Å². The van der Waals surface area contributed by atoms with Gasteiger partial charge >= 0.3 is 6.18 Å². The molecule has 30 heavy (non-hydrogen) atoms. The van der Waals surface area contributed by atoms with E-state index in [1.807, 2.05) is 11.8 Å². The van der Waals surface area contributed by atoms with Gasteiger partial charge in [-0.1, -0.05) is 12.8 Å². The van der Waals surface area contributed by atoms with Gasteiger partial charge in [0.05, 0.1) is 25.8 Å². The normalized spacial score (nSPS) is 25.5. The Kier molecular flexibility index (Phi) is 5.78. The summed E-state index contributed by atoms with van der Waals surface area (Å²) in [5, 5.41) is 0. The summed E-state index contributed by atoms with van der Waals surface area (Å²) >= 11 is 0. The van der Waals surface area contributed by atoms with Crippen molar-refractivity contribution in [3.63, 3.8) is 0 Å². The molecule has 0 N–H and O–H groups in total. The number of morpholine rings is 1. The largest absolute Gasteiger partial charge is 0.408 e. The lowest BCUT2D eigenvalue weighted by atomic mass is 10.0. The van der Waals surface area contributed by atoms with Crippen LogP contribution < -0.4 is 15.4 Å². The third kappa shape index (κ3) is 4.06. The minimum Gasteiger partial charge on any atom is -0.377 e. The molecule has 7 nitrogen and oxygen atoms in total. The topological polar surface area (TPSA) is 67.7 Å². The Balaban J connectivity index is 1.72. The Morgan fingerprint density at radius 3 is 2.63 bits per heavy atom. The van der Waals surface area contributed by atoms with Crippen LogP contribution >= 0.6 is 0 Å². The number of alkyl halides is 3. The van der Waals surface area contributed by atoms with Gasteiger partial charge < -0.3 is 14.5 Å². The van der Waals surface area contributed by atoms with Crippen molar-refractivity contribution in [3.8, 4) is 0 Å². The van der Waals surface area contributed by atoms with Crippen molar-refractivity contribution in [2.24, 2.45) is 5.92 Å². The second-order valence-electron chi connectivity index (χ2n) is 8.44. The van der Waals surface area contributed by atoms with Gasteiger partial charge in [-0.2, -0.15) is 18.2 Å². The first-order valence-electron chi connectivity index (χ1n) is 10.6. The molecule has 1 aromatic heterocycles. The number of hydrogen-bond acceptors (Lipinski definition) is 6. The zero-order valence-electron chi connectivity index (χ0n) is 17.0. The van der Waals surface area contributed by atoms with Gasteiger partial charge in [0.1, 0.15) is 11.9 Å². The second-order valence-corrected chi connectivity index (χ2v) is 8.44. The second kappa shape index (κ2) is 8.20. The maximum absolute atomic E-state index is 13.8. The lowest BCUT2D eigenvalue weighted by Crippen LogP contribution is -2.55. The van der Waals surface area contributed by atoms with Gasteiger partial charge in [0.25, 0.3) is 5.56 Å². The first-order valence-corrected chi connectivity index (χ1v) is 10.6. The van der Waals surface area contributed by atoms with E-state index in [0.29, 0.717) is 25.6 Å². The predicted molar refractivity (Wildman–Crippen MR) is 105 cm³/mol. The Morgan fingerprint density at radius 2 is 1.97 bits per heavy atom. The first kappa shape index (κ1) is 21.1. The van der Waals surface area contributed by atoms with E-state index >= 15 is 0 Å². The van der Waals surface area contributed by atoms with Gasteiger partial charge in [-0.05, 0) is 26.2 Å². The number of ketones is 1. The van der Waals surface area contributed by atoms with Crippen LogP contribution in [0.1, 0.15) is 39.0 Å². The Bertz CT molecular complexity index is 851. The van der Waals surface area contributed by atoms with Crippen LogP contribution in [0.4, 0.5) is 24.9 Å². The fourth-order valence-corrected chi connectivity index (χ4v) is 4.74. The average Bonchev–Trinajstić information content (AvgIpc) is 3.23. The summed E-state index contributed by atoms with van der Waals surface area (Å²) in [4.78, 5) is 32.9. The Labute approximate surface area is 172 Å². The highest BCUT2D eigenvalue weighted by molar-refractivity contribution is 5.85. The van der Waals surface area contributed by atoms with Crippen molar-refractivity contribution in [1.82, 2.24) is 9.55 Å². The number of hydrogen-bond donors (Lipinski definition) is 0. The van der Waals surface area contributed by atoms with Crippen LogP contribution in [0.3, 0.4) is 0 Å². The molecule has 1 aliphatic carbocycles. The molecule has 2 atom stereocenters. The molecule has 2 aliphatic heterocycles. The molecule has 0 radical (unpaired) electrons. The fraction of sp³-hybridized carbons (Fsp3) is 0.750.